The number of hydrogen-bond donors (Lipinski definition) is 1. The second kappa shape index (κ2) is 6.19. The largest absolute Gasteiger partial charge is 0.377 e. The summed E-state index contributed by atoms with van der Waals surface area (Å²) < 4.78 is 28.6. The van der Waals surface area contributed by atoms with Gasteiger partial charge in [0.25, 0.3) is 0 Å². The first-order valence-corrected chi connectivity index (χ1v) is 10.4. The Morgan fingerprint density at radius 1 is 1.22 bits per heavy atom. The SMILES string of the molecule is CC1(C)[C@H](NCc2ccc(CS(C)(=O)=O)cc2)[C@@H]2CCCO[C@@H]21. The Morgan fingerprint density at radius 2 is 1.87 bits per heavy atom. The molecule has 1 heterocycles. The van der Waals surface area contributed by atoms with Crippen LogP contribution in [0.4, 0.5) is 0 Å². The summed E-state index contributed by atoms with van der Waals surface area (Å²) in [6, 6.07) is 8.36. The first-order valence-electron chi connectivity index (χ1n) is 8.38. The molecule has 0 aromatic heterocycles. The molecule has 1 saturated carbocycles. The molecule has 4 nitrogen and oxygen atoms in total. The molecule has 1 aromatic carbocycles. The minimum absolute atomic E-state index is 0.109. The molecule has 3 rings (SSSR count). The molecular formula is C18H27NO3S. The average molecular weight is 337 g/mol. The molecule has 2 aliphatic rings. The van der Waals surface area contributed by atoms with Gasteiger partial charge in [0.05, 0.1) is 11.9 Å². The lowest BCUT2D eigenvalue weighted by Crippen LogP contribution is -2.69. The lowest BCUT2D eigenvalue weighted by molar-refractivity contribution is -0.192. The van der Waals surface area contributed by atoms with E-state index in [-0.39, 0.29) is 11.2 Å². The maximum atomic E-state index is 11.3. The van der Waals surface area contributed by atoms with Crippen LogP contribution in [0.15, 0.2) is 24.3 Å². The van der Waals surface area contributed by atoms with Crippen molar-refractivity contribution < 1.29 is 13.2 Å². The van der Waals surface area contributed by atoms with E-state index in [0.717, 1.165) is 25.1 Å². The third-order valence-electron chi connectivity index (χ3n) is 5.31. The predicted molar refractivity (Wildman–Crippen MR) is 91.9 cm³/mol. The first kappa shape index (κ1) is 16.9. The van der Waals surface area contributed by atoms with Gasteiger partial charge in [0.15, 0.2) is 9.84 Å². The van der Waals surface area contributed by atoms with Gasteiger partial charge in [-0.2, -0.15) is 0 Å². The van der Waals surface area contributed by atoms with Crippen LogP contribution in [0.25, 0.3) is 0 Å². The van der Waals surface area contributed by atoms with Crippen molar-refractivity contribution in [3.05, 3.63) is 35.4 Å². The summed E-state index contributed by atoms with van der Waals surface area (Å²) in [7, 11) is -2.97. The van der Waals surface area contributed by atoms with Gasteiger partial charge in [-0.25, -0.2) is 8.42 Å². The Bertz CT molecular complexity index is 651. The summed E-state index contributed by atoms with van der Waals surface area (Å²) in [6.07, 6.45) is 4.07. The van der Waals surface area contributed by atoms with Crippen molar-refractivity contribution in [2.45, 2.75) is 51.1 Å². The Morgan fingerprint density at radius 3 is 2.52 bits per heavy atom. The fourth-order valence-electron chi connectivity index (χ4n) is 4.22. The van der Waals surface area contributed by atoms with Crippen molar-refractivity contribution >= 4 is 9.84 Å². The quantitative estimate of drug-likeness (QED) is 0.897. The molecule has 1 aliphatic heterocycles. The predicted octanol–water partition coefficient (Wildman–Crippen LogP) is 2.52. The molecule has 2 fully saturated rings. The highest BCUT2D eigenvalue weighted by molar-refractivity contribution is 7.89. The van der Waals surface area contributed by atoms with Crippen LogP contribution < -0.4 is 5.32 Å². The topological polar surface area (TPSA) is 55.4 Å². The summed E-state index contributed by atoms with van der Waals surface area (Å²) in [6.45, 7) is 6.29. The Kier molecular flexibility index (Phi) is 4.55. The Balaban J connectivity index is 1.58. The van der Waals surface area contributed by atoms with Crippen LogP contribution in [0.1, 0.15) is 37.8 Å². The molecule has 0 radical (unpaired) electrons. The normalized spacial score (nSPS) is 29.6. The summed E-state index contributed by atoms with van der Waals surface area (Å²) in [5.41, 5.74) is 2.22. The fraction of sp³-hybridized carbons (Fsp3) is 0.667. The second-order valence-electron chi connectivity index (χ2n) is 7.66. The number of ether oxygens (including phenoxy) is 1. The second-order valence-corrected chi connectivity index (χ2v) is 9.80. The molecule has 3 atom stereocenters. The maximum absolute atomic E-state index is 11.3. The molecule has 1 saturated heterocycles. The lowest BCUT2D eigenvalue weighted by Gasteiger charge is -2.60. The highest BCUT2D eigenvalue weighted by Crippen LogP contribution is 2.51. The van der Waals surface area contributed by atoms with E-state index in [2.05, 4.69) is 19.2 Å². The number of nitrogens with one attached hydrogen (secondary N) is 1. The van der Waals surface area contributed by atoms with Gasteiger partial charge in [-0.1, -0.05) is 38.1 Å². The van der Waals surface area contributed by atoms with Crippen LogP contribution in [-0.2, 0) is 26.9 Å². The van der Waals surface area contributed by atoms with E-state index in [1.54, 1.807) is 0 Å². The number of fused-ring (bicyclic) bond motifs is 1. The van der Waals surface area contributed by atoms with Crippen molar-refractivity contribution in [3.63, 3.8) is 0 Å². The molecule has 1 aromatic rings. The van der Waals surface area contributed by atoms with Gasteiger partial charge in [-0.05, 0) is 24.0 Å². The van der Waals surface area contributed by atoms with Crippen LogP contribution in [0.5, 0.6) is 0 Å². The molecule has 0 unspecified atom stereocenters. The summed E-state index contributed by atoms with van der Waals surface area (Å²) in [5, 5.41) is 3.69. The monoisotopic (exact) mass is 337 g/mol. The van der Waals surface area contributed by atoms with Crippen LogP contribution in [0.3, 0.4) is 0 Å². The van der Waals surface area contributed by atoms with Crippen LogP contribution in [-0.4, -0.2) is 33.4 Å². The van der Waals surface area contributed by atoms with Gasteiger partial charge in [-0.15, -0.1) is 0 Å². The minimum Gasteiger partial charge on any atom is -0.377 e. The van der Waals surface area contributed by atoms with Crippen LogP contribution in [0, 0.1) is 11.3 Å². The van der Waals surface area contributed by atoms with E-state index in [9.17, 15) is 8.42 Å². The van der Waals surface area contributed by atoms with Gasteiger partial charge >= 0.3 is 0 Å². The molecule has 1 N–H and O–H groups in total. The van der Waals surface area contributed by atoms with E-state index < -0.39 is 9.84 Å². The van der Waals surface area contributed by atoms with E-state index in [0.29, 0.717) is 18.1 Å². The van der Waals surface area contributed by atoms with Gasteiger partial charge in [0.2, 0.25) is 0 Å². The molecular weight excluding hydrogens is 310 g/mol. The smallest absolute Gasteiger partial charge is 0.151 e. The Labute approximate surface area is 139 Å². The van der Waals surface area contributed by atoms with Gasteiger partial charge in [0.1, 0.15) is 0 Å². The first-order chi connectivity index (χ1) is 10.8. The third-order valence-corrected chi connectivity index (χ3v) is 6.17. The van der Waals surface area contributed by atoms with Crippen molar-refractivity contribution in [1.82, 2.24) is 5.32 Å². The fourth-order valence-corrected chi connectivity index (χ4v) is 5.02. The highest BCUT2D eigenvalue weighted by Gasteiger charge is 2.57. The maximum Gasteiger partial charge on any atom is 0.151 e. The summed E-state index contributed by atoms with van der Waals surface area (Å²) >= 11 is 0. The molecule has 0 bridgehead atoms. The molecule has 5 heteroatoms. The Hall–Kier alpha value is -0.910. The van der Waals surface area contributed by atoms with Crippen molar-refractivity contribution in [2.24, 2.45) is 11.3 Å². The number of benzene rings is 1. The molecule has 23 heavy (non-hydrogen) atoms. The zero-order chi connectivity index (χ0) is 16.7. The molecule has 0 amide bonds. The highest BCUT2D eigenvalue weighted by atomic mass is 32.2. The van der Waals surface area contributed by atoms with Gasteiger partial charge in [0, 0.05) is 36.8 Å². The number of rotatable bonds is 5. The standard InChI is InChI=1S/C18H27NO3S/c1-18(2)16(15-5-4-10-22-17(15)18)19-11-13-6-8-14(9-7-13)12-23(3,20)21/h6-9,15-17,19H,4-5,10-12H2,1-3H3/t15-,16+,17-/m0/s1. The zero-order valence-electron chi connectivity index (χ0n) is 14.2. The van der Waals surface area contributed by atoms with Crippen molar-refractivity contribution in [2.75, 3.05) is 12.9 Å². The van der Waals surface area contributed by atoms with Crippen molar-refractivity contribution in [3.8, 4) is 0 Å². The molecule has 128 valence electrons. The van der Waals surface area contributed by atoms with Crippen LogP contribution >= 0.6 is 0 Å². The summed E-state index contributed by atoms with van der Waals surface area (Å²) in [5.74, 6) is 0.737. The third kappa shape index (κ3) is 3.62. The van der Waals surface area contributed by atoms with Gasteiger partial charge < -0.3 is 10.1 Å². The minimum atomic E-state index is -2.97. The van der Waals surface area contributed by atoms with Crippen LogP contribution in [0.2, 0.25) is 0 Å². The summed E-state index contributed by atoms with van der Waals surface area (Å²) in [4.78, 5) is 0. The molecule has 0 spiro atoms. The van der Waals surface area contributed by atoms with E-state index in [4.69, 9.17) is 4.74 Å². The van der Waals surface area contributed by atoms with E-state index in [1.165, 1.54) is 18.2 Å². The lowest BCUT2D eigenvalue weighted by atomic mass is 9.55. The number of hydrogen-bond acceptors (Lipinski definition) is 4. The molecule has 1 aliphatic carbocycles. The van der Waals surface area contributed by atoms with Gasteiger partial charge in [-0.3, -0.25) is 0 Å². The van der Waals surface area contributed by atoms with E-state index in [1.807, 2.05) is 24.3 Å². The zero-order valence-corrected chi connectivity index (χ0v) is 15.0. The van der Waals surface area contributed by atoms with E-state index >= 15 is 0 Å². The average Bonchev–Trinajstić information content (AvgIpc) is 2.47. The number of sulfone groups is 1. The van der Waals surface area contributed by atoms with Crippen molar-refractivity contribution in [1.29, 1.82) is 0 Å².